The highest BCUT2D eigenvalue weighted by Gasteiger charge is 2.20. The normalized spacial score (nSPS) is 11.9. The Morgan fingerprint density at radius 1 is 1.21 bits per heavy atom. The Bertz CT molecular complexity index is 566. The summed E-state index contributed by atoms with van der Waals surface area (Å²) in [4.78, 5) is 6.39. The van der Waals surface area contributed by atoms with Crippen LogP contribution in [-0.4, -0.2) is 4.98 Å². The number of benzene rings is 1. The van der Waals surface area contributed by atoms with Gasteiger partial charge in [-0.3, -0.25) is 4.98 Å². The number of pyridine rings is 1. The van der Waals surface area contributed by atoms with Gasteiger partial charge in [-0.25, -0.2) is 0 Å². The number of para-hydroxylation sites is 1. The van der Waals surface area contributed by atoms with E-state index < -0.39 is 0 Å². The van der Waals surface area contributed by atoms with Crippen molar-refractivity contribution in [2.45, 2.75) is 19.9 Å². The molecule has 0 bridgehead atoms. The van der Waals surface area contributed by atoms with Crippen molar-refractivity contribution in [3.8, 4) is 0 Å². The molecule has 98 valence electrons. The lowest BCUT2D eigenvalue weighted by Gasteiger charge is -2.31. The molecule has 3 heteroatoms. The zero-order valence-electron chi connectivity index (χ0n) is 11.2. The van der Waals surface area contributed by atoms with Gasteiger partial charge < -0.3 is 4.90 Å². The highest BCUT2D eigenvalue weighted by molar-refractivity contribution is 6.30. The maximum atomic E-state index is 6.20. The zero-order chi connectivity index (χ0) is 13.8. The number of halogens is 1. The molecule has 1 aromatic heterocycles. The third kappa shape index (κ3) is 2.96. The van der Waals surface area contributed by atoms with Gasteiger partial charge in [-0.1, -0.05) is 42.4 Å². The van der Waals surface area contributed by atoms with Crippen molar-refractivity contribution in [1.82, 2.24) is 4.98 Å². The van der Waals surface area contributed by atoms with Crippen molar-refractivity contribution in [1.29, 1.82) is 0 Å². The Morgan fingerprint density at radius 3 is 2.47 bits per heavy atom. The first-order valence-electron chi connectivity index (χ1n) is 6.21. The third-order valence-electron chi connectivity index (χ3n) is 3.14. The van der Waals surface area contributed by atoms with Crippen LogP contribution in [0.3, 0.4) is 0 Å². The number of anilines is 1. The molecule has 0 aliphatic rings. The topological polar surface area (TPSA) is 16.1 Å². The Balaban J connectivity index is 2.42. The molecular weight excluding hydrogens is 256 g/mol. The molecule has 0 amide bonds. The zero-order valence-corrected chi connectivity index (χ0v) is 11.9. The molecule has 0 aliphatic heterocycles. The molecule has 1 aromatic carbocycles. The minimum absolute atomic E-state index is 0.0345. The fourth-order valence-corrected chi connectivity index (χ4v) is 2.38. The Hall–Kier alpha value is -1.80. The second kappa shape index (κ2) is 5.89. The SMILES string of the molecule is C=C(Cl)N(c1ccccc1C)C(C)c1ccccn1. The quantitative estimate of drug-likeness (QED) is 0.752. The second-order valence-electron chi connectivity index (χ2n) is 4.46. The molecule has 2 rings (SSSR count). The maximum Gasteiger partial charge on any atom is 0.102 e. The molecule has 1 atom stereocenters. The summed E-state index contributed by atoms with van der Waals surface area (Å²) in [5, 5.41) is 0.493. The van der Waals surface area contributed by atoms with Gasteiger partial charge in [0.05, 0.1) is 11.7 Å². The van der Waals surface area contributed by atoms with Crippen LogP contribution in [0.5, 0.6) is 0 Å². The lowest BCUT2D eigenvalue weighted by molar-refractivity contribution is 0.731. The standard InChI is InChI=1S/C16H17ClN2/c1-12-8-4-5-10-16(12)19(14(3)17)13(2)15-9-6-7-11-18-15/h4-11,13H,3H2,1-2H3. The van der Waals surface area contributed by atoms with E-state index in [1.54, 1.807) is 6.20 Å². The number of nitrogens with zero attached hydrogens (tertiary/aromatic N) is 2. The summed E-state index contributed by atoms with van der Waals surface area (Å²) in [6.07, 6.45) is 1.79. The Kier molecular flexibility index (Phi) is 4.23. The summed E-state index contributed by atoms with van der Waals surface area (Å²) >= 11 is 6.20. The molecule has 0 saturated heterocycles. The maximum absolute atomic E-state index is 6.20. The predicted octanol–water partition coefficient (Wildman–Crippen LogP) is 4.67. The van der Waals surface area contributed by atoms with E-state index in [0.717, 1.165) is 16.9 Å². The lowest BCUT2D eigenvalue weighted by Crippen LogP contribution is -2.24. The van der Waals surface area contributed by atoms with Gasteiger partial charge in [0, 0.05) is 11.9 Å². The van der Waals surface area contributed by atoms with Crippen LogP contribution in [0.15, 0.2) is 60.4 Å². The summed E-state index contributed by atoms with van der Waals surface area (Å²) < 4.78 is 0. The van der Waals surface area contributed by atoms with Gasteiger partial charge >= 0.3 is 0 Å². The number of aromatic nitrogens is 1. The number of hydrogen-bond donors (Lipinski definition) is 0. The summed E-state index contributed by atoms with van der Waals surface area (Å²) in [5.74, 6) is 0. The highest BCUT2D eigenvalue weighted by atomic mass is 35.5. The van der Waals surface area contributed by atoms with Crippen LogP contribution in [0.25, 0.3) is 0 Å². The van der Waals surface area contributed by atoms with E-state index in [-0.39, 0.29) is 6.04 Å². The van der Waals surface area contributed by atoms with Gasteiger partial charge in [-0.15, -0.1) is 0 Å². The van der Waals surface area contributed by atoms with Crippen molar-refractivity contribution in [2.24, 2.45) is 0 Å². The van der Waals surface area contributed by atoms with Gasteiger partial charge in [0.1, 0.15) is 5.16 Å². The minimum atomic E-state index is 0.0345. The van der Waals surface area contributed by atoms with E-state index in [9.17, 15) is 0 Å². The summed E-state index contributed by atoms with van der Waals surface area (Å²) in [5.41, 5.74) is 3.18. The van der Waals surface area contributed by atoms with Crippen LogP contribution in [0, 0.1) is 6.92 Å². The van der Waals surface area contributed by atoms with Crippen molar-refractivity contribution < 1.29 is 0 Å². The van der Waals surface area contributed by atoms with Crippen LogP contribution in [0.1, 0.15) is 24.2 Å². The molecule has 2 aromatic rings. The molecule has 2 nitrogen and oxygen atoms in total. The van der Waals surface area contributed by atoms with Gasteiger partial charge in [0.2, 0.25) is 0 Å². The van der Waals surface area contributed by atoms with Crippen LogP contribution in [0.4, 0.5) is 5.69 Å². The Labute approximate surface area is 119 Å². The van der Waals surface area contributed by atoms with Gasteiger partial charge in [-0.05, 0) is 37.6 Å². The van der Waals surface area contributed by atoms with Crippen molar-refractivity contribution >= 4 is 17.3 Å². The molecule has 19 heavy (non-hydrogen) atoms. The highest BCUT2D eigenvalue weighted by Crippen LogP contribution is 2.32. The molecule has 1 heterocycles. The van der Waals surface area contributed by atoms with Crippen molar-refractivity contribution in [3.05, 3.63) is 71.7 Å². The second-order valence-corrected chi connectivity index (χ2v) is 4.90. The average Bonchev–Trinajstić information content (AvgIpc) is 2.42. The van der Waals surface area contributed by atoms with Crippen molar-refractivity contribution in [2.75, 3.05) is 4.90 Å². The van der Waals surface area contributed by atoms with Crippen molar-refractivity contribution in [3.63, 3.8) is 0 Å². The van der Waals surface area contributed by atoms with E-state index >= 15 is 0 Å². The van der Waals surface area contributed by atoms with E-state index in [4.69, 9.17) is 11.6 Å². The summed E-state index contributed by atoms with van der Waals surface area (Å²) in [6, 6.07) is 14.0. The molecule has 0 spiro atoms. The molecule has 0 saturated carbocycles. The first-order chi connectivity index (χ1) is 9.11. The smallest absolute Gasteiger partial charge is 0.102 e. The van der Waals surface area contributed by atoms with Gasteiger partial charge in [0.25, 0.3) is 0 Å². The molecule has 1 unspecified atom stereocenters. The molecular formula is C16H17ClN2. The largest absolute Gasteiger partial charge is 0.324 e. The number of aryl methyl sites for hydroxylation is 1. The lowest BCUT2D eigenvalue weighted by atomic mass is 10.1. The first-order valence-corrected chi connectivity index (χ1v) is 6.59. The Morgan fingerprint density at radius 2 is 1.89 bits per heavy atom. The number of hydrogen-bond acceptors (Lipinski definition) is 2. The van der Waals surface area contributed by atoms with E-state index in [0.29, 0.717) is 5.16 Å². The molecule has 0 fully saturated rings. The fraction of sp³-hybridized carbons (Fsp3) is 0.188. The van der Waals surface area contributed by atoms with E-state index in [1.165, 1.54) is 0 Å². The van der Waals surface area contributed by atoms with E-state index in [2.05, 4.69) is 31.5 Å². The average molecular weight is 273 g/mol. The minimum Gasteiger partial charge on any atom is -0.324 e. The predicted molar refractivity (Wildman–Crippen MR) is 81.3 cm³/mol. The van der Waals surface area contributed by atoms with Crippen LogP contribution in [-0.2, 0) is 0 Å². The molecule has 0 radical (unpaired) electrons. The monoisotopic (exact) mass is 272 g/mol. The van der Waals surface area contributed by atoms with Crippen LogP contribution in [0.2, 0.25) is 0 Å². The van der Waals surface area contributed by atoms with Crippen LogP contribution < -0.4 is 4.90 Å². The fourth-order valence-electron chi connectivity index (χ4n) is 2.14. The van der Waals surface area contributed by atoms with Gasteiger partial charge in [0.15, 0.2) is 0 Å². The third-order valence-corrected chi connectivity index (χ3v) is 3.32. The summed E-state index contributed by atoms with van der Waals surface area (Å²) in [6.45, 7) is 8.02. The molecule has 0 N–H and O–H groups in total. The van der Waals surface area contributed by atoms with Crippen LogP contribution >= 0.6 is 11.6 Å². The summed E-state index contributed by atoms with van der Waals surface area (Å²) in [7, 11) is 0. The number of rotatable bonds is 4. The molecule has 0 aliphatic carbocycles. The first kappa shape index (κ1) is 13.6. The van der Waals surface area contributed by atoms with Gasteiger partial charge in [-0.2, -0.15) is 0 Å². The van der Waals surface area contributed by atoms with E-state index in [1.807, 2.05) is 41.3 Å².